The molecule has 228 valence electrons. The number of aryl methyl sites for hydroxylation is 2. The lowest BCUT2D eigenvalue weighted by molar-refractivity contribution is 0.0923. The van der Waals surface area contributed by atoms with Gasteiger partial charge in [0.05, 0.1) is 6.21 Å². The first-order chi connectivity index (χ1) is 22.5. The lowest BCUT2D eigenvalue weighted by Gasteiger charge is -2.11. The second-order valence-electron chi connectivity index (χ2n) is 11.4. The molecule has 3 heterocycles. The van der Waals surface area contributed by atoms with E-state index in [4.69, 9.17) is 9.15 Å². The Bertz CT molecular complexity index is 2190. The van der Waals surface area contributed by atoms with Gasteiger partial charge in [0.1, 0.15) is 18.1 Å². The van der Waals surface area contributed by atoms with E-state index in [1.165, 1.54) is 27.7 Å². The van der Waals surface area contributed by atoms with E-state index in [0.29, 0.717) is 11.5 Å². The van der Waals surface area contributed by atoms with Crippen LogP contribution in [0, 0.1) is 20.8 Å². The normalized spacial score (nSPS) is 11.5. The molecule has 7 rings (SSSR count). The Hall–Kier alpha value is -5.82. The molecule has 1 N–H and O–H groups in total. The zero-order valence-electron chi connectivity index (χ0n) is 26.0. The summed E-state index contributed by atoms with van der Waals surface area (Å²) < 4.78 is 16.2. The fourth-order valence-corrected chi connectivity index (χ4v) is 6.13. The average molecular weight is 607 g/mol. The van der Waals surface area contributed by atoms with Gasteiger partial charge in [-0.1, -0.05) is 60.7 Å². The molecule has 7 heteroatoms. The molecule has 0 unspecified atom stereocenters. The largest absolute Gasteiger partial charge is 0.486 e. The molecule has 46 heavy (non-hydrogen) atoms. The highest BCUT2D eigenvalue weighted by Crippen LogP contribution is 2.28. The van der Waals surface area contributed by atoms with Crippen molar-refractivity contribution in [2.75, 3.05) is 0 Å². The number of hydrogen-bond acceptors (Lipinski definition) is 4. The Balaban J connectivity index is 1.02. The van der Waals surface area contributed by atoms with Crippen LogP contribution in [0.4, 0.5) is 0 Å². The lowest BCUT2D eigenvalue weighted by atomic mass is 10.0. The molecule has 0 aliphatic rings. The number of aromatic nitrogens is 2. The van der Waals surface area contributed by atoms with Crippen molar-refractivity contribution in [3.05, 3.63) is 155 Å². The molecule has 7 aromatic rings. The Morgan fingerprint density at radius 1 is 0.804 bits per heavy atom. The molecule has 0 saturated heterocycles. The highest BCUT2D eigenvalue weighted by molar-refractivity contribution is 6.02. The van der Waals surface area contributed by atoms with Gasteiger partial charge >= 0.3 is 5.91 Å². The van der Waals surface area contributed by atoms with Crippen LogP contribution >= 0.6 is 0 Å². The molecule has 0 aliphatic heterocycles. The molecule has 0 fully saturated rings. The second kappa shape index (κ2) is 12.3. The summed E-state index contributed by atoms with van der Waals surface area (Å²) in [5, 5.41) is 7.84. The Labute approximate surface area is 267 Å². The number of carbonyl (C=O) groups excluding carboxylic acids is 1. The highest BCUT2D eigenvalue weighted by atomic mass is 16.5. The number of nitrogens with one attached hydrogen (secondary N) is 1. The van der Waals surface area contributed by atoms with E-state index in [1.807, 2.05) is 36.4 Å². The quantitative estimate of drug-likeness (QED) is 0.132. The third kappa shape index (κ3) is 5.59. The van der Waals surface area contributed by atoms with E-state index in [1.54, 1.807) is 18.3 Å². The number of rotatable bonds is 9. The topological polar surface area (TPSA) is 73.7 Å². The maximum atomic E-state index is 12.9. The van der Waals surface area contributed by atoms with Gasteiger partial charge < -0.3 is 18.3 Å². The third-order valence-electron chi connectivity index (χ3n) is 8.48. The van der Waals surface area contributed by atoms with Crippen LogP contribution in [0.25, 0.3) is 27.4 Å². The fraction of sp³-hybridized carbons (Fsp3) is 0.128. The van der Waals surface area contributed by atoms with E-state index < -0.39 is 5.91 Å². The molecule has 7 nitrogen and oxygen atoms in total. The van der Waals surface area contributed by atoms with Gasteiger partial charge in [0.25, 0.3) is 0 Å². The number of amides is 1. The number of fused-ring (bicyclic) bond motifs is 2. The predicted octanol–water partition coefficient (Wildman–Crippen LogP) is 8.49. The van der Waals surface area contributed by atoms with Crippen LogP contribution in [0.3, 0.4) is 0 Å². The molecule has 4 aromatic carbocycles. The maximum Gasteiger partial charge on any atom is 0.307 e. The maximum absolute atomic E-state index is 12.9. The average Bonchev–Trinajstić information content (AvgIpc) is 3.77. The summed E-state index contributed by atoms with van der Waals surface area (Å²) in [5.74, 6) is 0.997. The van der Waals surface area contributed by atoms with Crippen molar-refractivity contribution in [3.63, 3.8) is 0 Å². The Kier molecular flexibility index (Phi) is 7.72. The van der Waals surface area contributed by atoms with Gasteiger partial charge in [0, 0.05) is 45.8 Å². The molecule has 0 spiro atoms. The van der Waals surface area contributed by atoms with Gasteiger partial charge in [-0.25, -0.2) is 5.43 Å². The van der Waals surface area contributed by atoms with Crippen LogP contribution in [0.2, 0.25) is 0 Å². The first-order valence-corrected chi connectivity index (χ1v) is 15.3. The molecular formula is C39H34N4O3. The number of nitrogens with zero attached hydrogens (tertiary/aromatic N) is 3. The van der Waals surface area contributed by atoms with Gasteiger partial charge in [-0.05, 0) is 91.7 Å². The number of carbonyl (C=O) groups is 1. The lowest BCUT2D eigenvalue weighted by Crippen LogP contribution is -2.16. The summed E-state index contributed by atoms with van der Waals surface area (Å²) in [5.41, 5.74) is 10.4. The van der Waals surface area contributed by atoms with Crippen LogP contribution in [-0.2, 0) is 13.2 Å². The van der Waals surface area contributed by atoms with Crippen molar-refractivity contribution in [2.45, 2.75) is 33.9 Å². The van der Waals surface area contributed by atoms with Crippen LogP contribution in [-0.4, -0.2) is 21.3 Å². The summed E-state index contributed by atoms with van der Waals surface area (Å²) in [6.45, 7) is 7.18. The van der Waals surface area contributed by atoms with Gasteiger partial charge in [0.15, 0.2) is 5.76 Å². The zero-order chi connectivity index (χ0) is 31.6. The van der Waals surface area contributed by atoms with E-state index in [0.717, 1.165) is 34.4 Å². The zero-order valence-corrected chi connectivity index (χ0v) is 26.0. The summed E-state index contributed by atoms with van der Waals surface area (Å²) in [6.07, 6.45) is 1.71. The first-order valence-electron chi connectivity index (χ1n) is 15.3. The summed E-state index contributed by atoms with van der Waals surface area (Å²) in [4.78, 5) is 12.9. The van der Waals surface area contributed by atoms with Crippen molar-refractivity contribution in [2.24, 2.45) is 5.10 Å². The predicted molar refractivity (Wildman–Crippen MR) is 183 cm³/mol. The van der Waals surface area contributed by atoms with Crippen molar-refractivity contribution < 1.29 is 13.9 Å². The standard InChI is InChI=1S/C39H34N4O3/c1-26-15-16-27(2)43(26)31-17-19-32(20-18-31)45-25-33-21-22-38(46-33)39(44)41-40-23-36-28(3)42(37-14-7-6-13-35(36)37)24-30-11-8-10-29-9-4-5-12-34(29)30/h4-23H,24-25H2,1-3H3,(H,41,44)/b40-23+. The summed E-state index contributed by atoms with van der Waals surface area (Å²) in [6, 6.07) is 38.6. The SMILES string of the molecule is Cc1ccc(C)n1-c1ccc(OCc2ccc(C(=O)N/N=C/c3c(C)n(Cc4cccc5ccccc45)c4ccccc34)o2)cc1. The van der Waals surface area contributed by atoms with Crippen molar-refractivity contribution >= 4 is 33.8 Å². The minimum absolute atomic E-state index is 0.166. The summed E-state index contributed by atoms with van der Waals surface area (Å²) in [7, 11) is 0. The van der Waals surface area contributed by atoms with Crippen molar-refractivity contribution in [1.82, 2.24) is 14.6 Å². The van der Waals surface area contributed by atoms with Crippen LogP contribution in [0.1, 0.15) is 44.5 Å². The minimum Gasteiger partial charge on any atom is -0.486 e. The molecule has 1 amide bonds. The van der Waals surface area contributed by atoms with Crippen LogP contribution < -0.4 is 10.2 Å². The molecule has 0 atom stereocenters. The number of para-hydroxylation sites is 1. The summed E-state index contributed by atoms with van der Waals surface area (Å²) >= 11 is 0. The number of benzene rings is 4. The van der Waals surface area contributed by atoms with Gasteiger partial charge in [-0.15, -0.1) is 0 Å². The van der Waals surface area contributed by atoms with Crippen molar-refractivity contribution in [1.29, 1.82) is 0 Å². The highest BCUT2D eigenvalue weighted by Gasteiger charge is 2.15. The van der Waals surface area contributed by atoms with Gasteiger partial charge in [-0.3, -0.25) is 4.79 Å². The van der Waals surface area contributed by atoms with E-state index in [-0.39, 0.29) is 12.4 Å². The smallest absolute Gasteiger partial charge is 0.307 e. The molecule has 0 radical (unpaired) electrons. The van der Waals surface area contributed by atoms with E-state index in [9.17, 15) is 4.79 Å². The van der Waals surface area contributed by atoms with Gasteiger partial charge in [-0.2, -0.15) is 5.10 Å². The number of hydrazone groups is 1. The third-order valence-corrected chi connectivity index (χ3v) is 8.48. The van der Waals surface area contributed by atoms with Crippen molar-refractivity contribution in [3.8, 4) is 11.4 Å². The number of furan rings is 1. The van der Waals surface area contributed by atoms with Crippen LogP contribution in [0.15, 0.2) is 125 Å². The Morgan fingerprint density at radius 3 is 2.33 bits per heavy atom. The fourth-order valence-electron chi connectivity index (χ4n) is 6.13. The minimum atomic E-state index is -0.429. The molecule has 0 bridgehead atoms. The number of ether oxygens (including phenoxy) is 1. The second-order valence-corrected chi connectivity index (χ2v) is 11.4. The van der Waals surface area contributed by atoms with E-state index in [2.05, 4.69) is 107 Å². The van der Waals surface area contributed by atoms with E-state index >= 15 is 0 Å². The molecule has 0 saturated carbocycles. The van der Waals surface area contributed by atoms with Crippen LogP contribution in [0.5, 0.6) is 5.75 Å². The molecule has 3 aromatic heterocycles. The number of hydrogen-bond donors (Lipinski definition) is 1. The van der Waals surface area contributed by atoms with Gasteiger partial charge in [0.2, 0.25) is 0 Å². The Morgan fingerprint density at radius 2 is 1.52 bits per heavy atom. The molecule has 0 aliphatic carbocycles. The monoisotopic (exact) mass is 606 g/mol. The first kappa shape index (κ1) is 28.9. The molecular weight excluding hydrogens is 572 g/mol.